The van der Waals surface area contributed by atoms with E-state index < -0.39 is 10.0 Å². The van der Waals surface area contributed by atoms with Crippen molar-refractivity contribution >= 4 is 10.0 Å². The van der Waals surface area contributed by atoms with Gasteiger partial charge in [0.25, 0.3) is 0 Å². The van der Waals surface area contributed by atoms with Crippen molar-refractivity contribution in [3.05, 3.63) is 0 Å². The summed E-state index contributed by atoms with van der Waals surface area (Å²) in [5.41, 5.74) is 0. The van der Waals surface area contributed by atoms with Gasteiger partial charge in [-0.05, 0) is 38.3 Å². The highest BCUT2D eigenvalue weighted by Crippen LogP contribution is 2.20. The first-order valence-corrected chi connectivity index (χ1v) is 8.23. The molecular weight excluding hydrogens is 236 g/mol. The van der Waals surface area contributed by atoms with Gasteiger partial charge < -0.3 is 5.32 Å². The lowest BCUT2D eigenvalue weighted by Gasteiger charge is -2.32. The van der Waals surface area contributed by atoms with Crippen molar-refractivity contribution in [3.63, 3.8) is 0 Å². The molecule has 0 radical (unpaired) electrons. The number of piperidine rings is 1. The Hall–Kier alpha value is -0.130. The molecule has 1 N–H and O–H groups in total. The van der Waals surface area contributed by atoms with Gasteiger partial charge in [0.2, 0.25) is 10.0 Å². The van der Waals surface area contributed by atoms with Crippen LogP contribution in [0.3, 0.4) is 0 Å². The van der Waals surface area contributed by atoms with Gasteiger partial charge in [0.1, 0.15) is 0 Å². The second-order valence-electron chi connectivity index (χ2n) is 5.22. The summed E-state index contributed by atoms with van der Waals surface area (Å²) in [6, 6.07) is 0. The minimum absolute atomic E-state index is 0.254. The Kier molecular flexibility index (Phi) is 5.89. The standard InChI is InChI=1S/C12H26N2O2S/c1-4-11(2)10-17(15,16)14-7-5-6-12(9-14)8-13-3/h11-13H,4-10H2,1-3H3. The van der Waals surface area contributed by atoms with Gasteiger partial charge in [-0.3, -0.25) is 0 Å². The molecule has 1 heterocycles. The zero-order valence-electron chi connectivity index (χ0n) is 11.3. The van der Waals surface area contributed by atoms with Crippen LogP contribution in [-0.2, 0) is 10.0 Å². The van der Waals surface area contributed by atoms with E-state index in [0.717, 1.165) is 25.8 Å². The lowest BCUT2D eigenvalue weighted by atomic mass is 10.00. The van der Waals surface area contributed by atoms with E-state index >= 15 is 0 Å². The third-order valence-electron chi connectivity index (χ3n) is 3.56. The predicted molar refractivity (Wildman–Crippen MR) is 71.5 cm³/mol. The first kappa shape index (κ1) is 14.9. The van der Waals surface area contributed by atoms with Crippen LogP contribution >= 0.6 is 0 Å². The molecule has 4 nitrogen and oxygen atoms in total. The monoisotopic (exact) mass is 262 g/mol. The van der Waals surface area contributed by atoms with Crippen molar-refractivity contribution in [2.45, 2.75) is 33.1 Å². The number of nitrogens with zero attached hydrogens (tertiary/aromatic N) is 1. The van der Waals surface area contributed by atoms with E-state index in [1.807, 2.05) is 20.9 Å². The molecule has 102 valence electrons. The summed E-state index contributed by atoms with van der Waals surface area (Å²) in [7, 11) is -1.12. The molecule has 0 aromatic carbocycles. The molecule has 2 unspecified atom stereocenters. The lowest BCUT2D eigenvalue weighted by molar-refractivity contribution is 0.262. The van der Waals surface area contributed by atoms with E-state index in [0.29, 0.717) is 24.8 Å². The topological polar surface area (TPSA) is 49.4 Å². The summed E-state index contributed by atoms with van der Waals surface area (Å²) in [6.07, 6.45) is 3.05. The van der Waals surface area contributed by atoms with E-state index in [1.165, 1.54) is 0 Å². The van der Waals surface area contributed by atoms with Gasteiger partial charge in [0.05, 0.1) is 5.75 Å². The van der Waals surface area contributed by atoms with Gasteiger partial charge in [-0.2, -0.15) is 0 Å². The van der Waals surface area contributed by atoms with Crippen molar-refractivity contribution in [1.29, 1.82) is 0 Å². The van der Waals surface area contributed by atoms with E-state index in [2.05, 4.69) is 5.32 Å². The average Bonchev–Trinajstić information content (AvgIpc) is 2.29. The molecule has 0 aromatic rings. The summed E-state index contributed by atoms with van der Waals surface area (Å²) < 4.78 is 26.1. The zero-order valence-corrected chi connectivity index (χ0v) is 12.1. The highest BCUT2D eigenvalue weighted by Gasteiger charge is 2.29. The third-order valence-corrected chi connectivity index (χ3v) is 5.67. The van der Waals surface area contributed by atoms with Crippen LogP contribution in [0, 0.1) is 11.8 Å². The molecule has 5 heteroatoms. The van der Waals surface area contributed by atoms with Crippen LogP contribution in [0.1, 0.15) is 33.1 Å². The van der Waals surface area contributed by atoms with Crippen LogP contribution in [0.25, 0.3) is 0 Å². The van der Waals surface area contributed by atoms with E-state index in [4.69, 9.17) is 0 Å². The second-order valence-corrected chi connectivity index (χ2v) is 7.23. The molecule has 1 aliphatic rings. The summed E-state index contributed by atoms with van der Waals surface area (Å²) in [6.45, 7) is 6.36. The Morgan fingerprint density at radius 1 is 1.47 bits per heavy atom. The molecule has 1 saturated heterocycles. The molecule has 0 spiro atoms. The molecule has 0 bridgehead atoms. The van der Waals surface area contributed by atoms with Crippen LogP contribution in [-0.4, -0.2) is 45.2 Å². The number of nitrogens with one attached hydrogen (secondary N) is 1. The van der Waals surface area contributed by atoms with Crippen molar-refractivity contribution in [1.82, 2.24) is 9.62 Å². The fourth-order valence-electron chi connectivity index (χ4n) is 2.32. The van der Waals surface area contributed by atoms with Crippen LogP contribution in [0.5, 0.6) is 0 Å². The Bertz CT molecular complexity index is 314. The van der Waals surface area contributed by atoms with Gasteiger partial charge in [-0.25, -0.2) is 12.7 Å². The van der Waals surface area contributed by atoms with Crippen molar-refractivity contribution in [2.75, 3.05) is 32.4 Å². The molecule has 0 amide bonds. The maximum absolute atomic E-state index is 12.2. The molecule has 0 aliphatic carbocycles. The minimum Gasteiger partial charge on any atom is -0.319 e. The van der Waals surface area contributed by atoms with Gasteiger partial charge in [-0.1, -0.05) is 20.3 Å². The number of hydrogen-bond donors (Lipinski definition) is 1. The van der Waals surface area contributed by atoms with Gasteiger partial charge in [0, 0.05) is 13.1 Å². The molecule has 2 atom stereocenters. The SMILES string of the molecule is CCC(C)CS(=O)(=O)N1CCCC(CNC)C1. The van der Waals surface area contributed by atoms with Crippen LogP contribution in [0.4, 0.5) is 0 Å². The molecule has 1 fully saturated rings. The maximum atomic E-state index is 12.2. The van der Waals surface area contributed by atoms with Crippen LogP contribution in [0.2, 0.25) is 0 Å². The summed E-state index contributed by atoms with van der Waals surface area (Å²) in [4.78, 5) is 0. The van der Waals surface area contributed by atoms with E-state index in [-0.39, 0.29) is 5.92 Å². The Labute approximate surface area is 106 Å². The molecular formula is C12H26N2O2S. The fraction of sp³-hybridized carbons (Fsp3) is 1.00. The Morgan fingerprint density at radius 3 is 2.76 bits per heavy atom. The Balaban J connectivity index is 2.58. The Morgan fingerprint density at radius 2 is 2.18 bits per heavy atom. The van der Waals surface area contributed by atoms with E-state index in [9.17, 15) is 8.42 Å². The molecule has 1 rings (SSSR count). The average molecular weight is 262 g/mol. The fourth-order valence-corrected chi connectivity index (χ4v) is 4.33. The van der Waals surface area contributed by atoms with Crippen molar-refractivity contribution in [3.8, 4) is 0 Å². The molecule has 17 heavy (non-hydrogen) atoms. The van der Waals surface area contributed by atoms with Crippen molar-refractivity contribution in [2.24, 2.45) is 11.8 Å². The van der Waals surface area contributed by atoms with Gasteiger partial charge in [0.15, 0.2) is 0 Å². The number of sulfonamides is 1. The summed E-state index contributed by atoms with van der Waals surface area (Å²) in [5, 5.41) is 3.14. The quantitative estimate of drug-likeness (QED) is 0.785. The first-order valence-electron chi connectivity index (χ1n) is 6.62. The summed E-state index contributed by atoms with van der Waals surface area (Å²) in [5.74, 6) is 1.03. The highest BCUT2D eigenvalue weighted by molar-refractivity contribution is 7.89. The number of rotatable bonds is 6. The molecule has 1 aliphatic heterocycles. The third kappa shape index (κ3) is 4.56. The van der Waals surface area contributed by atoms with Gasteiger partial charge in [-0.15, -0.1) is 0 Å². The first-order chi connectivity index (χ1) is 7.99. The second kappa shape index (κ2) is 6.71. The lowest BCUT2D eigenvalue weighted by Crippen LogP contribution is -2.44. The maximum Gasteiger partial charge on any atom is 0.214 e. The minimum atomic E-state index is -3.04. The normalized spacial score (nSPS) is 24.8. The van der Waals surface area contributed by atoms with Crippen LogP contribution in [0.15, 0.2) is 0 Å². The largest absolute Gasteiger partial charge is 0.319 e. The predicted octanol–water partition coefficient (Wildman–Crippen LogP) is 1.29. The van der Waals surface area contributed by atoms with Gasteiger partial charge >= 0.3 is 0 Å². The van der Waals surface area contributed by atoms with E-state index in [1.54, 1.807) is 4.31 Å². The highest BCUT2D eigenvalue weighted by atomic mass is 32.2. The van der Waals surface area contributed by atoms with Crippen molar-refractivity contribution < 1.29 is 8.42 Å². The zero-order chi connectivity index (χ0) is 12.9. The molecule has 0 saturated carbocycles. The molecule has 0 aromatic heterocycles. The number of hydrogen-bond acceptors (Lipinski definition) is 3. The van der Waals surface area contributed by atoms with Crippen LogP contribution < -0.4 is 5.32 Å². The summed E-state index contributed by atoms with van der Waals surface area (Å²) >= 11 is 0. The smallest absolute Gasteiger partial charge is 0.214 e.